The van der Waals surface area contributed by atoms with Gasteiger partial charge in [-0.2, -0.15) is 0 Å². The number of hydrogen-bond donors (Lipinski definition) is 2. The van der Waals surface area contributed by atoms with E-state index >= 15 is 0 Å². The van der Waals surface area contributed by atoms with Gasteiger partial charge in [-0.1, -0.05) is 12.1 Å². The molecule has 0 aromatic heterocycles. The van der Waals surface area contributed by atoms with E-state index in [0.717, 1.165) is 0 Å². The summed E-state index contributed by atoms with van der Waals surface area (Å²) in [5.41, 5.74) is 5.91. The third-order valence-corrected chi connectivity index (χ3v) is 2.61. The van der Waals surface area contributed by atoms with E-state index in [0.29, 0.717) is 10.6 Å². The van der Waals surface area contributed by atoms with Gasteiger partial charge in [-0.3, -0.25) is 15.0 Å². The zero-order chi connectivity index (χ0) is 14.0. The fourth-order valence-electron chi connectivity index (χ4n) is 1.58. The second-order valence-electron chi connectivity index (χ2n) is 3.95. The van der Waals surface area contributed by atoms with Crippen LogP contribution in [-0.2, 0) is 14.4 Å². The number of nitrogens with one attached hydrogen (secondary N) is 1. The van der Waals surface area contributed by atoms with Gasteiger partial charge in [0.2, 0.25) is 0 Å². The molecule has 1 fully saturated rings. The van der Waals surface area contributed by atoms with Crippen LogP contribution in [0.2, 0.25) is 0 Å². The summed E-state index contributed by atoms with van der Waals surface area (Å²) in [6, 6.07) is 5.77. The molecule has 0 unspecified atom stereocenters. The van der Waals surface area contributed by atoms with Crippen LogP contribution in [0.5, 0.6) is 0 Å². The number of amides is 2. The number of rotatable bonds is 3. The Kier molecular flexibility index (Phi) is 3.28. The van der Waals surface area contributed by atoms with Crippen molar-refractivity contribution in [3.8, 4) is 0 Å². The van der Waals surface area contributed by atoms with Gasteiger partial charge in [0.25, 0.3) is 11.8 Å². The van der Waals surface area contributed by atoms with E-state index in [1.54, 1.807) is 0 Å². The second-order valence-corrected chi connectivity index (χ2v) is 3.95. The van der Waals surface area contributed by atoms with Gasteiger partial charge < -0.3 is 10.6 Å². The van der Waals surface area contributed by atoms with Gasteiger partial charge >= 0.3 is 5.97 Å². The maximum atomic E-state index is 11.7. The van der Waals surface area contributed by atoms with Crippen LogP contribution in [0.25, 0.3) is 0 Å². The van der Waals surface area contributed by atoms with Crippen LogP contribution in [0.4, 0.5) is 0 Å². The van der Waals surface area contributed by atoms with Crippen LogP contribution in [-0.4, -0.2) is 28.7 Å². The number of carbonyl (C=O) groups excluding carboxylic acids is 3. The van der Waals surface area contributed by atoms with E-state index in [9.17, 15) is 14.4 Å². The molecule has 0 spiro atoms. The van der Waals surface area contributed by atoms with Crippen molar-refractivity contribution in [2.75, 3.05) is 0 Å². The number of imide groups is 1. The fourth-order valence-corrected chi connectivity index (χ4v) is 1.58. The summed E-state index contributed by atoms with van der Waals surface area (Å²) < 4.78 is 0. The molecule has 7 heteroatoms. The molecule has 2 rings (SSSR count). The first-order valence-electron chi connectivity index (χ1n) is 5.51. The van der Waals surface area contributed by atoms with Crippen LogP contribution in [0, 0.1) is 5.41 Å². The van der Waals surface area contributed by atoms with Gasteiger partial charge in [-0.15, -0.1) is 5.06 Å². The summed E-state index contributed by atoms with van der Waals surface area (Å²) in [7, 11) is 0. The molecule has 1 aromatic rings. The summed E-state index contributed by atoms with van der Waals surface area (Å²) in [5, 5.41) is 7.70. The van der Waals surface area contributed by atoms with Crippen LogP contribution in [0.1, 0.15) is 28.8 Å². The highest BCUT2D eigenvalue weighted by atomic mass is 16.7. The Morgan fingerprint density at radius 2 is 1.58 bits per heavy atom. The highest BCUT2D eigenvalue weighted by molar-refractivity contribution is 6.03. The lowest BCUT2D eigenvalue weighted by atomic mass is 10.1. The molecule has 19 heavy (non-hydrogen) atoms. The molecule has 0 saturated carbocycles. The molecule has 0 radical (unpaired) electrons. The van der Waals surface area contributed by atoms with Crippen molar-refractivity contribution in [3.63, 3.8) is 0 Å². The first-order chi connectivity index (χ1) is 8.99. The topological polar surface area (TPSA) is 114 Å². The number of amidine groups is 1. The molecule has 1 saturated heterocycles. The molecule has 2 amide bonds. The van der Waals surface area contributed by atoms with E-state index in [1.807, 2.05) is 0 Å². The average molecular weight is 262 g/mol. The number of hydroxylamine groups is 2. The zero-order valence-electron chi connectivity index (χ0n) is 9.88. The van der Waals surface area contributed by atoms with E-state index < -0.39 is 17.8 Å². The molecule has 3 N–H and O–H groups in total. The molecule has 1 aromatic carbocycles. The molecule has 0 aliphatic carbocycles. The second kappa shape index (κ2) is 4.89. The SMILES string of the molecule is NC(=[15NH])c1ccc(C(=O)ON2C(=O)CCC2=O)cc1. The Hall–Kier alpha value is -2.70. The van der Waals surface area contributed by atoms with Gasteiger partial charge in [0.15, 0.2) is 0 Å². The Morgan fingerprint density at radius 1 is 1.11 bits per heavy atom. The molecule has 1 aliphatic rings. The first-order valence-corrected chi connectivity index (χ1v) is 5.51. The van der Waals surface area contributed by atoms with Crippen molar-refractivity contribution >= 4 is 23.6 Å². The fraction of sp³-hybridized carbons (Fsp3) is 0.167. The lowest BCUT2D eigenvalue weighted by Gasteiger charge is -2.12. The predicted octanol–water partition coefficient (Wildman–Crippen LogP) is 0.191. The van der Waals surface area contributed by atoms with Crippen molar-refractivity contribution < 1.29 is 19.2 Å². The highest BCUT2D eigenvalue weighted by Crippen LogP contribution is 2.14. The minimum absolute atomic E-state index is 0.0510. The summed E-state index contributed by atoms with van der Waals surface area (Å²) in [5.74, 6) is -1.99. The summed E-state index contributed by atoms with van der Waals surface area (Å²) in [6.45, 7) is 0. The lowest BCUT2D eigenvalue weighted by Crippen LogP contribution is -2.32. The van der Waals surface area contributed by atoms with Gasteiger partial charge in [0.1, 0.15) is 5.84 Å². The third-order valence-electron chi connectivity index (χ3n) is 2.61. The molecule has 0 atom stereocenters. The number of nitrogens with zero attached hydrogens (tertiary/aromatic N) is 1. The maximum absolute atomic E-state index is 11.7. The monoisotopic (exact) mass is 262 g/mol. The van der Waals surface area contributed by atoms with Crippen molar-refractivity contribution in [3.05, 3.63) is 35.4 Å². The number of hydrogen-bond acceptors (Lipinski definition) is 5. The predicted molar refractivity (Wildman–Crippen MR) is 64.0 cm³/mol. The minimum atomic E-state index is -0.807. The minimum Gasteiger partial charge on any atom is -0.384 e. The standard InChI is InChI=1S/C12H11N3O4/c13-11(14)7-1-3-8(4-2-7)12(18)19-15-9(16)5-6-10(15)17/h1-4H,5-6H2,(H3,13,14)/i13+1. The van der Waals surface area contributed by atoms with Crippen molar-refractivity contribution in [1.29, 1.82) is 5.41 Å². The van der Waals surface area contributed by atoms with Gasteiger partial charge in [0, 0.05) is 18.4 Å². The quantitative estimate of drug-likeness (QED) is 0.349. The molecular weight excluding hydrogens is 251 g/mol. The van der Waals surface area contributed by atoms with Crippen LogP contribution < -0.4 is 5.73 Å². The number of nitrogen functional groups attached to an aromatic ring is 1. The van der Waals surface area contributed by atoms with Gasteiger partial charge in [-0.05, 0) is 12.1 Å². The van der Waals surface area contributed by atoms with Crippen LogP contribution in [0.15, 0.2) is 24.3 Å². The Morgan fingerprint density at radius 3 is 2.05 bits per heavy atom. The Bertz CT molecular complexity index is 549. The first kappa shape index (κ1) is 12.7. The summed E-state index contributed by atoms with van der Waals surface area (Å²) in [6.07, 6.45) is 0.102. The molecule has 0 bridgehead atoms. The highest BCUT2D eigenvalue weighted by Gasteiger charge is 2.33. The van der Waals surface area contributed by atoms with Gasteiger partial charge in [0.05, 0.1) is 5.56 Å². The molecule has 98 valence electrons. The number of nitrogens with two attached hydrogens (primary N) is 1. The van der Waals surface area contributed by atoms with Crippen LogP contribution in [0.3, 0.4) is 0 Å². The summed E-state index contributed by atoms with van der Waals surface area (Å²) in [4.78, 5) is 39.0. The van der Waals surface area contributed by atoms with Crippen molar-refractivity contribution in [1.82, 2.24) is 5.06 Å². The molecule has 1 heterocycles. The summed E-state index contributed by atoms with van der Waals surface area (Å²) >= 11 is 0. The normalized spacial score (nSPS) is 14.6. The van der Waals surface area contributed by atoms with E-state index in [2.05, 4.69) is 0 Å². The van der Waals surface area contributed by atoms with Crippen LogP contribution >= 0.6 is 0 Å². The Balaban J connectivity index is 2.09. The average Bonchev–Trinajstić information content (AvgIpc) is 2.70. The van der Waals surface area contributed by atoms with E-state index in [4.69, 9.17) is 16.0 Å². The maximum Gasteiger partial charge on any atom is 0.363 e. The lowest BCUT2D eigenvalue weighted by molar-refractivity contribution is -0.172. The van der Waals surface area contributed by atoms with Crippen molar-refractivity contribution in [2.45, 2.75) is 12.8 Å². The number of benzene rings is 1. The largest absolute Gasteiger partial charge is 0.384 e. The number of carbonyl (C=O) groups is 3. The Labute approximate surface area is 108 Å². The molecule has 1 aliphatic heterocycles. The third kappa shape index (κ3) is 2.59. The van der Waals surface area contributed by atoms with E-state index in [-0.39, 0.29) is 24.2 Å². The smallest absolute Gasteiger partial charge is 0.363 e. The zero-order valence-corrected chi connectivity index (χ0v) is 9.88. The molecular formula is C12H11N3O4. The van der Waals surface area contributed by atoms with Crippen molar-refractivity contribution in [2.24, 2.45) is 5.73 Å². The van der Waals surface area contributed by atoms with Gasteiger partial charge in [-0.25, -0.2) is 4.79 Å². The van der Waals surface area contributed by atoms with E-state index in [1.165, 1.54) is 24.3 Å². The molecule has 7 nitrogen and oxygen atoms in total.